The molecule has 30 heavy (non-hydrogen) atoms. The highest BCUT2D eigenvalue weighted by Gasteiger charge is 2.19. The van der Waals surface area contributed by atoms with Gasteiger partial charge in [-0.15, -0.1) is 6.58 Å². The van der Waals surface area contributed by atoms with Gasteiger partial charge in [0.1, 0.15) is 30.8 Å². The van der Waals surface area contributed by atoms with Crippen molar-refractivity contribution in [3.8, 4) is 5.75 Å². The molecule has 0 radical (unpaired) electrons. The van der Waals surface area contributed by atoms with Crippen molar-refractivity contribution in [1.29, 1.82) is 0 Å². The van der Waals surface area contributed by atoms with E-state index >= 15 is 0 Å². The predicted molar refractivity (Wildman–Crippen MR) is 117 cm³/mol. The summed E-state index contributed by atoms with van der Waals surface area (Å²) in [5.74, 6) is 0.565. The van der Waals surface area contributed by atoms with Crippen LogP contribution in [0.1, 0.15) is 11.7 Å². The molecule has 1 atom stereocenters. The Kier molecular flexibility index (Phi) is 8.08. The minimum absolute atomic E-state index is 0.00942. The molecule has 7 heteroatoms. The third-order valence-electron chi connectivity index (χ3n) is 4.36. The Morgan fingerprint density at radius 1 is 1.17 bits per heavy atom. The van der Waals surface area contributed by atoms with Crippen molar-refractivity contribution in [2.45, 2.75) is 19.2 Å². The molecule has 1 heterocycles. The van der Waals surface area contributed by atoms with E-state index in [-0.39, 0.29) is 25.0 Å². The van der Waals surface area contributed by atoms with E-state index in [9.17, 15) is 4.79 Å². The molecular formula is C23H23Cl2N2O3+. The molecule has 0 amide bonds. The molecule has 5 nitrogen and oxygen atoms in total. The van der Waals surface area contributed by atoms with Crippen molar-refractivity contribution in [2.24, 2.45) is 0 Å². The zero-order chi connectivity index (χ0) is 21.3. The van der Waals surface area contributed by atoms with E-state index in [4.69, 9.17) is 32.7 Å². The summed E-state index contributed by atoms with van der Waals surface area (Å²) in [5, 5.41) is 1.28. The third-order valence-corrected chi connectivity index (χ3v) is 4.96. The van der Waals surface area contributed by atoms with Gasteiger partial charge in [-0.3, -0.25) is 4.79 Å². The van der Waals surface area contributed by atoms with E-state index in [0.717, 1.165) is 5.56 Å². The number of Topliss-reactive ketones (excluding diaryl/α,β-unsaturated/α-hetero) is 1. The first-order valence-corrected chi connectivity index (χ1v) is 10.2. The highest BCUT2D eigenvalue weighted by atomic mass is 35.5. The summed E-state index contributed by atoms with van der Waals surface area (Å²) < 4.78 is 15.2. The normalized spacial score (nSPS) is 11.8. The zero-order valence-corrected chi connectivity index (χ0v) is 17.9. The Morgan fingerprint density at radius 3 is 2.67 bits per heavy atom. The maximum Gasteiger partial charge on any atom is 0.244 e. The second-order valence-electron chi connectivity index (χ2n) is 6.70. The van der Waals surface area contributed by atoms with E-state index in [2.05, 4.69) is 6.58 Å². The van der Waals surface area contributed by atoms with Crippen LogP contribution in [0.2, 0.25) is 10.0 Å². The van der Waals surface area contributed by atoms with Gasteiger partial charge in [-0.25, -0.2) is 9.13 Å². The van der Waals surface area contributed by atoms with Gasteiger partial charge in [0.2, 0.25) is 12.1 Å². The number of hydrogen-bond acceptors (Lipinski definition) is 3. The van der Waals surface area contributed by atoms with Gasteiger partial charge >= 0.3 is 0 Å². The number of carbonyl (C=O) groups is 1. The molecular weight excluding hydrogens is 423 g/mol. The number of carbonyl (C=O) groups excluding carboxylic acids is 1. The van der Waals surface area contributed by atoms with Crippen LogP contribution in [0.3, 0.4) is 0 Å². The van der Waals surface area contributed by atoms with Gasteiger partial charge in [0.25, 0.3) is 0 Å². The second-order valence-corrected chi connectivity index (χ2v) is 7.54. The average Bonchev–Trinajstić information content (AvgIpc) is 3.18. The third kappa shape index (κ3) is 6.46. The molecule has 0 spiro atoms. The highest BCUT2D eigenvalue weighted by molar-refractivity contribution is 6.31. The van der Waals surface area contributed by atoms with E-state index in [0.29, 0.717) is 28.9 Å². The fourth-order valence-corrected chi connectivity index (χ4v) is 3.32. The lowest BCUT2D eigenvalue weighted by Gasteiger charge is -2.17. The Labute approximate surface area is 186 Å². The minimum Gasteiger partial charge on any atom is -0.486 e. The summed E-state index contributed by atoms with van der Waals surface area (Å²) in [6.07, 6.45) is 7.08. The molecule has 0 saturated heterocycles. The van der Waals surface area contributed by atoms with Crippen LogP contribution in [0.25, 0.3) is 0 Å². The Morgan fingerprint density at radius 2 is 1.93 bits per heavy atom. The smallest absolute Gasteiger partial charge is 0.244 e. The second kappa shape index (κ2) is 11.0. The molecule has 0 N–H and O–H groups in total. The lowest BCUT2D eigenvalue weighted by molar-refractivity contribution is -0.683. The first-order chi connectivity index (χ1) is 14.5. The van der Waals surface area contributed by atoms with Crippen molar-refractivity contribution in [1.82, 2.24) is 4.57 Å². The topological polar surface area (TPSA) is 44.3 Å². The van der Waals surface area contributed by atoms with E-state index in [1.165, 1.54) is 0 Å². The van der Waals surface area contributed by atoms with Crippen LogP contribution in [0, 0.1) is 0 Å². The van der Waals surface area contributed by atoms with Gasteiger partial charge in [0.05, 0.1) is 6.61 Å². The molecule has 3 rings (SSSR count). The van der Waals surface area contributed by atoms with Crippen LogP contribution in [0.15, 0.2) is 79.9 Å². The summed E-state index contributed by atoms with van der Waals surface area (Å²) in [5.41, 5.74) is 0.911. The lowest BCUT2D eigenvalue weighted by atomic mass is 10.1. The van der Waals surface area contributed by atoms with Gasteiger partial charge in [0, 0.05) is 15.6 Å². The van der Waals surface area contributed by atoms with Gasteiger partial charge in [-0.1, -0.05) is 47.5 Å². The molecule has 0 aliphatic rings. The largest absolute Gasteiger partial charge is 0.486 e. The maximum absolute atomic E-state index is 12.3. The monoisotopic (exact) mass is 445 g/mol. The van der Waals surface area contributed by atoms with Crippen LogP contribution in [0.4, 0.5) is 0 Å². The molecule has 1 aromatic heterocycles. The summed E-state index contributed by atoms with van der Waals surface area (Å²) >= 11 is 12.2. The van der Waals surface area contributed by atoms with Crippen LogP contribution in [-0.4, -0.2) is 23.6 Å². The number of rotatable bonds is 11. The number of aromatic nitrogens is 2. The number of ether oxygens (including phenoxy) is 2. The molecule has 156 valence electrons. The standard InChI is InChI=1S/C23H23Cl2N2O3/c1-2-13-29-23(21-5-3-4-6-22(21)25)15-27-12-11-26(17-27)14-19(28)16-30-20-9-7-18(24)8-10-20/h2-12,17,23H,1,13-16H2/q+1. The molecule has 3 aromatic rings. The molecule has 0 saturated carbocycles. The van der Waals surface area contributed by atoms with E-state index in [1.807, 2.05) is 52.1 Å². The Balaban J connectivity index is 1.58. The van der Waals surface area contributed by atoms with Crippen molar-refractivity contribution in [2.75, 3.05) is 13.2 Å². The summed E-state index contributed by atoms with van der Waals surface area (Å²) in [4.78, 5) is 12.3. The fraction of sp³-hybridized carbons (Fsp3) is 0.217. The highest BCUT2D eigenvalue weighted by Crippen LogP contribution is 2.26. The SMILES string of the molecule is C=CCOC(Cn1cc[n+](CC(=O)COc2ccc(Cl)cc2)c1)c1ccccc1Cl. The van der Waals surface area contributed by atoms with E-state index < -0.39 is 0 Å². The van der Waals surface area contributed by atoms with Crippen LogP contribution < -0.4 is 9.30 Å². The van der Waals surface area contributed by atoms with Crippen LogP contribution in [0.5, 0.6) is 5.75 Å². The quantitative estimate of drug-likeness (QED) is 0.318. The molecule has 0 aliphatic heterocycles. The summed E-state index contributed by atoms with van der Waals surface area (Å²) in [7, 11) is 0. The average molecular weight is 446 g/mol. The van der Waals surface area contributed by atoms with Gasteiger partial charge in [0.15, 0.2) is 13.2 Å². The van der Waals surface area contributed by atoms with Gasteiger partial charge in [-0.05, 0) is 30.3 Å². The van der Waals surface area contributed by atoms with Gasteiger partial charge in [-0.2, -0.15) is 0 Å². The number of imidazole rings is 1. The number of halogens is 2. The first kappa shape index (κ1) is 22.1. The van der Waals surface area contributed by atoms with Crippen LogP contribution >= 0.6 is 23.2 Å². The fourth-order valence-electron chi connectivity index (χ4n) is 2.94. The van der Waals surface area contributed by atoms with E-state index in [1.54, 1.807) is 30.3 Å². The minimum atomic E-state index is -0.235. The molecule has 0 aliphatic carbocycles. The number of benzene rings is 2. The molecule has 2 aromatic carbocycles. The summed E-state index contributed by atoms with van der Waals surface area (Å²) in [6.45, 7) is 4.89. The van der Waals surface area contributed by atoms with Crippen molar-refractivity contribution < 1.29 is 18.8 Å². The van der Waals surface area contributed by atoms with Crippen molar-refractivity contribution in [3.05, 3.63) is 95.5 Å². The lowest BCUT2D eigenvalue weighted by Crippen LogP contribution is -2.37. The predicted octanol–water partition coefficient (Wildman–Crippen LogP) is 4.67. The van der Waals surface area contributed by atoms with Gasteiger partial charge < -0.3 is 9.47 Å². The Hall–Kier alpha value is -2.60. The maximum atomic E-state index is 12.3. The first-order valence-electron chi connectivity index (χ1n) is 9.47. The molecule has 1 unspecified atom stereocenters. The van der Waals surface area contributed by atoms with Crippen LogP contribution in [-0.2, 0) is 22.6 Å². The molecule has 0 bridgehead atoms. The number of hydrogen-bond donors (Lipinski definition) is 0. The summed E-state index contributed by atoms with van der Waals surface area (Å²) in [6, 6.07) is 14.5. The number of nitrogens with zero attached hydrogens (tertiary/aromatic N) is 2. The zero-order valence-electron chi connectivity index (χ0n) is 16.4. The van der Waals surface area contributed by atoms with Crippen molar-refractivity contribution >= 4 is 29.0 Å². The van der Waals surface area contributed by atoms with Crippen molar-refractivity contribution in [3.63, 3.8) is 0 Å². The number of ketones is 1. The Bertz CT molecular complexity index is 986. The molecule has 0 fully saturated rings.